The highest BCUT2D eigenvalue weighted by molar-refractivity contribution is 5.55. The Morgan fingerprint density at radius 3 is 2.95 bits per heavy atom. The minimum Gasteiger partial charge on any atom is -0.362 e. The van der Waals surface area contributed by atoms with Gasteiger partial charge >= 0.3 is 0 Å². The van der Waals surface area contributed by atoms with Gasteiger partial charge in [0.05, 0.1) is 6.54 Å². The molecule has 1 aliphatic heterocycles. The van der Waals surface area contributed by atoms with E-state index in [2.05, 4.69) is 45.8 Å². The van der Waals surface area contributed by atoms with Crippen molar-refractivity contribution < 1.29 is 0 Å². The Morgan fingerprint density at radius 2 is 2.20 bits per heavy atom. The zero-order valence-electron chi connectivity index (χ0n) is 12.2. The molecule has 0 radical (unpaired) electrons. The molecular formula is C16H22N4. The van der Waals surface area contributed by atoms with Crippen LogP contribution in [0, 0.1) is 6.92 Å². The zero-order chi connectivity index (χ0) is 14.1. The third-order valence-electron chi connectivity index (χ3n) is 3.90. The van der Waals surface area contributed by atoms with E-state index in [9.17, 15) is 0 Å². The van der Waals surface area contributed by atoms with Crippen LogP contribution in [0.3, 0.4) is 0 Å². The largest absolute Gasteiger partial charge is 0.362 e. The molecular weight excluding hydrogens is 248 g/mol. The molecule has 0 saturated carbocycles. The average molecular weight is 270 g/mol. The summed E-state index contributed by atoms with van der Waals surface area (Å²) in [5.41, 5.74) is 9.83. The summed E-state index contributed by atoms with van der Waals surface area (Å²) in [5, 5.41) is 0. The Labute approximate surface area is 120 Å². The van der Waals surface area contributed by atoms with Crippen LogP contribution in [-0.4, -0.2) is 22.1 Å². The smallest absolute Gasteiger partial charge is 0.128 e. The third kappa shape index (κ3) is 2.56. The van der Waals surface area contributed by atoms with Crippen molar-refractivity contribution in [2.75, 3.05) is 11.4 Å². The Balaban J connectivity index is 1.81. The Hall–Kier alpha value is -1.81. The first-order valence-corrected chi connectivity index (χ1v) is 7.23. The molecule has 2 heterocycles. The minimum absolute atomic E-state index is 0.211. The highest BCUT2D eigenvalue weighted by atomic mass is 15.2. The fraction of sp³-hybridized carbons (Fsp3) is 0.438. The maximum atomic E-state index is 5.88. The van der Waals surface area contributed by atoms with Crippen LogP contribution >= 0.6 is 0 Å². The Kier molecular flexibility index (Phi) is 3.49. The van der Waals surface area contributed by atoms with Gasteiger partial charge in [-0.05, 0) is 37.5 Å². The highest BCUT2D eigenvalue weighted by Gasteiger charge is 2.18. The molecule has 1 aromatic carbocycles. The molecule has 4 heteroatoms. The molecule has 3 rings (SSSR count). The lowest BCUT2D eigenvalue weighted by Gasteiger charge is -2.31. The molecule has 1 aliphatic rings. The summed E-state index contributed by atoms with van der Waals surface area (Å²) in [6, 6.07) is 6.90. The van der Waals surface area contributed by atoms with E-state index in [1.165, 1.54) is 16.8 Å². The van der Waals surface area contributed by atoms with Gasteiger partial charge < -0.3 is 15.2 Å². The number of hydrogen-bond acceptors (Lipinski definition) is 3. The summed E-state index contributed by atoms with van der Waals surface area (Å²) < 4.78 is 2.23. The summed E-state index contributed by atoms with van der Waals surface area (Å²) in [7, 11) is 0. The maximum Gasteiger partial charge on any atom is 0.128 e. The van der Waals surface area contributed by atoms with Crippen LogP contribution in [0.2, 0.25) is 0 Å². The molecule has 0 bridgehead atoms. The first-order chi connectivity index (χ1) is 9.63. The minimum atomic E-state index is 0.211. The van der Waals surface area contributed by atoms with E-state index in [0.29, 0.717) is 0 Å². The Morgan fingerprint density at radius 1 is 1.35 bits per heavy atom. The van der Waals surface area contributed by atoms with Crippen molar-refractivity contribution in [1.82, 2.24) is 9.55 Å². The summed E-state index contributed by atoms with van der Waals surface area (Å²) in [4.78, 5) is 6.83. The second-order valence-corrected chi connectivity index (χ2v) is 5.76. The number of aryl methyl sites for hydroxylation is 1. The number of imidazole rings is 1. The maximum absolute atomic E-state index is 5.88. The predicted molar refractivity (Wildman–Crippen MR) is 81.8 cm³/mol. The summed E-state index contributed by atoms with van der Waals surface area (Å²) in [5.74, 6) is 1.15. The van der Waals surface area contributed by atoms with Gasteiger partial charge in [-0.2, -0.15) is 0 Å². The van der Waals surface area contributed by atoms with E-state index in [-0.39, 0.29) is 6.04 Å². The number of nitrogens with zero attached hydrogens (tertiary/aromatic N) is 3. The van der Waals surface area contributed by atoms with Crippen molar-refractivity contribution in [2.45, 2.75) is 39.4 Å². The monoisotopic (exact) mass is 270 g/mol. The number of rotatable bonds is 3. The van der Waals surface area contributed by atoms with Crippen LogP contribution in [0.1, 0.15) is 23.9 Å². The molecule has 0 saturated heterocycles. The second kappa shape index (κ2) is 5.29. The number of hydrogen-bond donors (Lipinski definition) is 1. The molecule has 0 amide bonds. The van der Waals surface area contributed by atoms with E-state index >= 15 is 0 Å². The SMILES string of the molecule is Cc1cc(CC(C)N)ccc1N1CCn2ccnc2C1. The van der Waals surface area contributed by atoms with Crippen LogP contribution in [0.25, 0.3) is 0 Å². The fourth-order valence-electron chi connectivity index (χ4n) is 2.95. The van der Waals surface area contributed by atoms with Crippen molar-refractivity contribution in [3.63, 3.8) is 0 Å². The quantitative estimate of drug-likeness (QED) is 0.929. The third-order valence-corrected chi connectivity index (χ3v) is 3.90. The second-order valence-electron chi connectivity index (χ2n) is 5.76. The molecule has 0 spiro atoms. The van der Waals surface area contributed by atoms with Crippen LogP contribution in [0.5, 0.6) is 0 Å². The summed E-state index contributed by atoms with van der Waals surface area (Å²) in [6.45, 7) is 7.17. The fourth-order valence-corrected chi connectivity index (χ4v) is 2.95. The molecule has 0 aliphatic carbocycles. The standard InChI is InChI=1S/C16H22N4/c1-12-9-14(10-13(2)17)3-4-15(12)20-8-7-19-6-5-18-16(19)11-20/h3-6,9,13H,7-8,10-11,17H2,1-2H3. The van der Waals surface area contributed by atoms with Crippen molar-refractivity contribution in [3.8, 4) is 0 Å². The van der Waals surface area contributed by atoms with Gasteiger partial charge in [-0.15, -0.1) is 0 Å². The highest BCUT2D eigenvalue weighted by Crippen LogP contribution is 2.25. The number of benzene rings is 1. The summed E-state index contributed by atoms with van der Waals surface area (Å²) >= 11 is 0. The van der Waals surface area contributed by atoms with E-state index in [0.717, 1.165) is 31.9 Å². The number of fused-ring (bicyclic) bond motifs is 1. The summed E-state index contributed by atoms with van der Waals surface area (Å²) in [6.07, 6.45) is 4.88. The zero-order valence-corrected chi connectivity index (χ0v) is 12.2. The van der Waals surface area contributed by atoms with Gasteiger partial charge in [0.1, 0.15) is 5.82 Å². The van der Waals surface area contributed by atoms with Crippen LogP contribution in [0.15, 0.2) is 30.6 Å². The molecule has 106 valence electrons. The van der Waals surface area contributed by atoms with Crippen LogP contribution < -0.4 is 10.6 Å². The first-order valence-electron chi connectivity index (χ1n) is 7.23. The van der Waals surface area contributed by atoms with Gasteiger partial charge in [-0.1, -0.05) is 12.1 Å². The van der Waals surface area contributed by atoms with Gasteiger partial charge in [0.25, 0.3) is 0 Å². The molecule has 4 nitrogen and oxygen atoms in total. The average Bonchev–Trinajstić information content (AvgIpc) is 2.85. The van der Waals surface area contributed by atoms with Gasteiger partial charge in [0.2, 0.25) is 0 Å². The van der Waals surface area contributed by atoms with Gasteiger partial charge in [-0.3, -0.25) is 0 Å². The van der Waals surface area contributed by atoms with Crippen LogP contribution in [0.4, 0.5) is 5.69 Å². The van der Waals surface area contributed by atoms with Gasteiger partial charge in [-0.25, -0.2) is 4.98 Å². The van der Waals surface area contributed by atoms with E-state index < -0.39 is 0 Å². The lowest BCUT2D eigenvalue weighted by Crippen LogP contribution is -2.34. The van der Waals surface area contributed by atoms with E-state index in [1.54, 1.807) is 0 Å². The lowest BCUT2D eigenvalue weighted by atomic mass is 10.0. The van der Waals surface area contributed by atoms with E-state index in [1.807, 2.05) is 13.1 Å². The molecule has 2 N–H and O–H groups in total. The van der Waals surface area contributed by atoms with Gasteiger partial charge in [0, 0.05) is 37.2 Å². The lowest BCUT2D eigenvalue weighted by molar-refractivity contribution is 0.559. The number of anilines is 1. The first kappa shape index (κ1) is 13.2. The molecule has 1 unspecified atom stereocenters. The van der Waals surface area contributed by atoms with E-state index in [4.69, 9.17) is 5.73 Å². The molecule has 20 heavy (non-hydrogen) atoms. The van der Waals surface area contributed by atoms with Crippen molar-refractivity contribution in [1.29, 1.82) is 0 Å². The van der Waals surface area contributed by atoms with Crippen molar-refractivity contribution in [2.24, 2.45) is 5.73 Å². The number of nitrogens with two attached hydrogens (primary N) is 1. The van der Waals surface area contributed by atoms with Crippen molar-refractivity contribution in [3.05, 3.63) is 47.5 Å². The predicted octanol–water partition coefficient (Wildman–Crippen LogP) is 2.10. The van der Waals surface area contributed by atoms with Crippen LogP contribution in [-0.2, 0) is 19.5 Å². The molecule has 1 aromatic heterocycles. The Bertz CT molecular complexity index is 600. The molecule has 1 atom stereocenters. The van der Waals surface area contributed by atoms with Gasteiger partial charge in [0.15, 0.2) is 0 Å². The van der Waals surface area contributed by atoms with Crippen molar-refractivity contribution >= 4 is 5.69 Å². The normalized spacial score (nSPS) is 16.1. The molecule has 0 fully saturated rings. The topological polar surface area (TPSA) is 47.1 Å². The molecule has 2 aromatic rings. The number of aromatic nitrogens is 2.